The highest BCUT2D eigenvalue weighted by atomic mass is 32.2. The van der Waals surface area contributed by atoms with Crippen LogP contribution in [0.3, 0.4) is 0 Å². The van der Waals surface area contributed by atoms with E-state index in [2.05, 4.69) is 6.92 Å². The molecule has 0 radical (unpaired) electrons. The van der Waals surface area contributed by atoms with Gasteiger partial charge in [0.2, 0.25) is 10.0 Å². The zero-order valence-corrected chi connectivity index (χ0v) is 19.3. The van der Waals surface area contributed by atoms with Crippen molar-refractivity contribution in [1.29, 1.82) is 0 Å². The fourth-order valence-electron chi connectivity index (χ4n) is 3.76. The second-order valence-corrected chi connectivity index (χ2v) is 9.86. The summed E-state index contributed by atoms with van der Waals surface area (Å²) in [4.78, 5) is 14.9. The Hall–Kier alpha value is -2.58. The van der Waals surface area contributed by atoms with E-state index in [1.54, 1.807) is 20.2 Å². The van der Waals surface area contributed by atoms with Gasteiger partial charge in [-0.05, 0) is 43.0 Å². The molecule has 1 amide bonds. The molecule has 1 fully saturated rings. The molecule has 1 saturated heterocycles. The van der Waals surface area contributed by atoms with Crippen LogP contribution in [0.2, 0.25) is 0 Å². The smallest absolute Gasteiger partial charge is 0.257 e. The summed E-state index contributed by atoms with van der Waals surface area (Å²) in [5.41, 5.74) is 1.07. The highest BCUT2D eigenvalue weighted by Crippen LogP contribution is 2.29. The van der Waals surface area contributed by atoms with Gasteiger partial charge in [0.25, 0.3) is 5.91 Å². The maximum atomic E-state index is 13.2. The molecule has 7 nitrogen and oxygen atoms in total. The van der Waals surface area contributed by atoms with Gasteiger partial charge in [0.1, 0.15) is 11.5 Å². The Kier molecular flexibility index (Phi) is 7.23. The highest BCUT2D eigenvalue weighted by molar-refractivity contribution is 7.89. The van der Waals surface area contributed by atoms with Gasteiger partial charge in [0, 0.05) is 32.2 Å². The normalized spacial score (nSPS) is 15.5. The van der Waals surface area contributed by atoms with E-state index in [0.717, 1.165) is 18.4 Å². The number of piperidine rings is 1. The largest absolute Gasteiger partial charge is 0.496 e. The number of para-hydroxylation sites is 1. The molecule has 0 aromatic heterocycles. The first-order chi connectivity index (χ1) is 14.8. The fraction of sp³-hybridized carbons (Fsp3) is 0.435. The van der Waals surface area contributed by atoms with Crippen LogP contribution in [0, 0.1) is 5.92 Å². The minimum atomic E-state index is -3.67. The predicted molar refractivity (Wildman–Crippen MR) is 119 cm³/mol. The lowest BCUT2D eigenvalue weighted by Gasteiger charge is -2.29. The minimum Gasteiger partial charge on any atom is -0.496 e. The van der Waals surface area contributed by atoms with Crippen LogP contribution in [0.15, 0.2) is 47.4 Å². The van der Waals surface area contributed by atoms with Gasteiger partial charge in [-0.2, -0.15) is 4.31 Å². The van der Waals surface area contributed by atoms with Crippen molar-refractivity contribution < 1.29 is 22.7 Å². The van der Waals surface area contributed by atoms with Crippen molar-refractivity contribution in [2.24, 2.45) is 5.92 Å². The van der Waals surface area contributed by atoms with E-state index in [1.165, 1.54) is 28.4 Å². The lowest BCUT2D eigenvalue weighted by Crippen LogP contribution is -2.38. The Labute approximate surface area is 184 Å². The first kappa shape index (κ1) is 23.1. The third kappa shape index (κ3) is 5.02. The van der Waals surface area contributed by atoms with Crippen molar-refractivity contribution in [3.8, 4) is 11.5 Å². The lowest BCUT2D eigenvalue weighted by molar-refractivity contribution is 0.0780. The molecule has 168 valence electrons. The monoisotopic (exact) mass is 446 g/mol. The molecule has 2 aromatic carbocycles. The summed E-state index contributed by atoms with van der Waals surface area (Å²) in [6.07, 6.45) is 1.67. The lowest BCUT2D eigenvalue weighted by atomic mass is 10.0. The molecule has 2 aromatic rings. The molecule has 0 N–H and O–H groups in total. The topological polar surface area (TPSA) is 76.2 Å². The third-order valence-corrected chi connectivity index (χ3v) is 7.62. The molecule has 0 aliphatic carbocycles. The van der Waals surface area contributed by atoms with Crippen LogP contribution in [0.25, 0.3) is 0 Å². The molecule has 8 heteroatoms. The van der Waals surface area contributed by atoms with Crippen LogP contribution in [0.4, 0.5) is 0 Å². The number of rotatable bonds is 7. The van der Waals surface area contributed by atoms with E-state index in [4.69, 9.17) is 9.47 Å². The Morgan fingerprint density at radius 3 is 2.35 bits per heavy atom. The van der Waals surface area contributed by atoms with Crippen molar-refractivity contribution in [1.82, 2.24) is 9.21 Å². The van der Waals surface area contributed by atoms with Crippen LogP contribution in [-0.4, -0.2) is 57.9 Å². The van der Waals surface area contributed by atoms with Crippen molar-refractivity contribution in [2.45, 2.75) is 31.2 Å². The van der Waals surface area contributed by atoms with E-state index in [9.17, 15) is 13.2 Å². The fourth-order valence-corrected chi connectivity index (χ4v) is 5.25. The van der Waals surface area contributed by atoms with Crippen molar-refractivity contribution in [3.63, 3.8) is 0 Å². The van der Waals surface area contributed by atoms with Crippen LogP contribution in [0.5, 0.6) is 11.5 Å². The molecule has 0 atom stereocenters. The van der Waals surface area contributed by atoms with Crippen molar-refractivity contribution in [3.05, 3.63) is 53.6 Å². The molecule has 0 bridgehead atoms. The molecule has 1 aliphatic rings. The number of nitrogens with zero attached hydrogens (tertiary/aromatic N) is 2. The van der Waals surface area contributed by atoms with Gasteiger partial charge < -0.3 is 14.4 Å². The quantitative estimate of drug-likeness (QED) is 0.652. The number of hydrogen-bond acceptors (Lipinski definition) is 5. The van der Waals surface area contributed by atoms with Crippen LogP contribution in [-0.2, 0) is 16.6 Å². The van der Waals surface area contributed by atoms with Gasteiger partial charge in [-0.15, -0.1) is 0 Å². The molecular weight excluding hydrogens is 416 g/mol. The Balaban J connectivity index is 1.88. The van der Waals surface area contributed by atoms with Gasteiger partial charge in [0.15, 0.2) is 0 Å². The standard InChI is InChI=1S/C23H30N2O5S/c1-17-11-13-25(14-12-17)31(27,28)19-9-10-22(30-4)20(15-19)23(26)24(2)16-18-7-5-6-8-21(18)29-3/h5-10,15,17H,11-14,16H2,1-4H3. The number of ether oxygens (including phenoxy) is 2. The Bertz CT molecular complexity index is 1030. The van der Waals surface area contributed by atoms with Crippen LogP contribution < -0.4 is 9.47 Å². The third-order valence-electron chi connectivity index (χ3n) is 5.73. The second kappa shape index (κ2) is 9.70. The highest BCUT2D eigenvalue weighted by Gasteiger charge is 2.30. The summed E-state index contributed by atoms with van der Waals surface area (Å²) in [5.74, 6) is 1.21. The van der Waals surface area contributed by atoms with E-state index >= 15 is 0 Å². The number of sulfonamides is 1. The molecule has 0 spiro atoms. The zero-order valence-electron chi connectivity index (χ0n) is 18.5. The molecule has 3 rings (SSSR count). The van der Waals surface area contributed by atoms with Gasteiger partial charge in [-0.3, -0.25) is 4.79 Å². The van der Waals surface area contributed by atoms with E-state index in [-0.39, 0.29) is 16.4 Å². The van der Waals surface area contributed by atoms with Gasteiger partial charge in [0.05, 0.1) is 24.7 Å². The minimum absolute atomic E-state index is 0.108. The SMILES string of the molecule is COc1ccccc1CN(C)C(=O)c1cc(S(=O)(=O)N2CCC(C)CC2)ccc1OC. The van der Waals surface area contributed by atoms with E-state index < -0.39 is 10.0 Å². The molecule has 1 aliphatic heterocycles. The summed E-state index contributed by atoms with van der Waals surface area (Å²) in [5, 5.41) is 0. The summed E-state index contributed by atoms with van der Waals surface area (Å²) in [7, 11) is 1.04. The summed E-state index contributed by atoms with van der Waals surface area (Å²) < 4.78 is 38.5. The average molecular weight is 447 g/mol. The van der Waals surface area contributed by atoms with E-state index in [1.807, 2.05) is 24.3 Å². The number of hydrogen-bond donors (Lipinski definition) is 0. The first-order valence-electron chi connectivity index (χ1n) is 10.3. The van der Waals surface area contributed by atoms with Crippen LogP contribution >= 0.6 is 0 Å². The van der Waals surface area contributed by atoms with Gasteiger partial charge >= 0.3 is 0 Å². The predicted octanol–water partition coefficient (Wildman–Crippen LogP) is 3.40. The number of methoxy groups -OCH3 is 2. The van der Waals surface area contributed by atoms with E-state index in [0.29, 0.717) is 37.1 Å². The second-order valence-electron chi connectivity index (χ2n) is 7.92. The molecule has 0 saturated carbocycles. The first-order valence-corrected chi connectivity index (χ1v) is 11.8. The van der Waals surface area contributed by atoms with Gasteiger partial charge in [-0.25, -0.2) is 8.42 Å². The maximum Gasteiger partial charge on any atom is 0.257 e. The Morgan fingerprint density at radius 2 is 1.71 bits per heavy atom. The summed E-state index contributed by atoms with van der Waals surface area (Å²) in [6.45, 7) is 3.43. The van der Waals surface area contributed by atoms with Crippen molar-refractivity contribution >= 4 is 15.9 Å². The molecular formula is C23H30N2O5S. The Morgan fingerprint density at radius 1 is 1.06 bits per heavy atom. The van der Waals surface area contributed by atoms with Crippen LogP contribution in [0.1, 0.15) is 35.7 Å². The summed E-state index contributed by atoms with van der Waals surface area (Å²) >= 11 is 0. The number of carbonyl (C=O) groups excluding carboxylic acids is 1. The summed E-state index contributed by atoms with van der Waals surface area (Å²) in [6, 6.07) is 11.9. The molecule has 0 unspecified atom stereocenters. The van der Waals surface area contributed by atoms with Gasteiger partial charge in [-0.1, -0.05) is 25.1 Å². The number of amides is 1. The molecule has 31 heavy (non-hydrogen) atoms. The maximum absolute atomic E-state index is 13.2. The number of benzene rings is 2. The van der Waals surface area contributed by atoms with Crippen molar-refractivity contribution in [2.75, 3.05) is 34.4 Å². The zero-order chi connectivity index (χ0) is 22.6. The molecule has 1 heterocycles. The number of carbonyl (C=O) groups is 1. The average Bonchev–Trinajstić information content (AvgIpc) is 2.78.